The summed E-state index contributed by atoms with van der Waals surface area (Å²) >= 11 is 13.1. The predicted molar refractivity (Wildman–Crippen MR) is 120 cm³/mol. The summed E-state index contributed by atoms with van der Waals surface area (Å²) in [5, 5.41) is 13.2. The molecule has 0 saturated carbocycles. The fourth-order valence-corrected chi connectivity index (χ4v) is 3.94. The Morgan fingerprint density at radius 2 is 1.93 bits per heavy atom. The quantitative estimate of drug-likeness (QED) is 0.515. The van der Waals surface area contributed by atoms with Crippen LogP contribution in [0.25, 0.3) is 11.8 Å². The molecule has 9 heteroatoms. The summed E-state index contributed by atoms with van der Waals surface area (Å²) in [5.74, 6) is -1.27. The first-order chi connectivity index (χ1) is 14.4. The number of amides is 1. The fourth-order valence-electron chi connectivity index (χ4n) is 2.82. The third-order valence-electron chi connectivity index (χ3n) is 4.22. The molecule has 0 radical (unpaired) electrons. The van der Waals surface area contributed by atoms with Crippen LogP contribution in [0.2, 0.25) is 10.0 Å². The second kappa shape index (κ2) is 8.39. The van der Waals surface area contributed by atoms with E-state index in [4.69, 9.17) is 23.2 Å². The first kappa shape index (κ1) is 20.3. The largest absolute Gasteiger partial charge is 0.478 e. The second-order valence-electron chi connectivity index (χ2n) is 6.24. The molecule has 1 fully saturated rings. The lowest BCUT2D eigenvalue weighted by Gasteiger charge is -2.07. The minimum atomic E-state index is -1.00. The maximum Gasteiger partial charge on any atom is 0.335 e. The van der Waals surface area contributed by atoms with Gasteiger partial charge in [0.1, 0.15) is 0 Å². The van der Waals surface area contributed by atoms with Gasteiger partial charge in [-0.25, -0.2) is 9.79 Å². The summed E-state index contributed by atoms with van der Waals surface area (Å²) in [4.78, 5) is 28.5. The van der Waals surface area contributed by atoms with Crippen LogP contribution in [-0.4, -0.2) is 26.7 Å². The molecule has 4 rings (SSSR count). The molecule has 1 amide bonds. The average molecular weight is 458 g/mol. The van der Waals surface area contributed by atoms with Crippen LogP contribution < -0.4 is 5.32 Å². The Kier molecular flexibility index (Phi) is 5.67. The molecule has 0 aliphatic carbocycles. The third kappa shape index (κ3) is 4.28. The van der Waals surface area contributed by atoms with E-state index in [1.807, 2.05) is 12.1 Å². The van der Waals surface area contributed by atoms with Crippen LogP contribution in [0.15, 0.2) is 70.7 Å². The van der Waals surface area contributed by atoms with Crippen molar-refractivity contribution < 1.29 is 14.7 Å². The van der Waals surface area contributed by atoms with Gasteiger partial charge in [0.15, 0.2) is 5.17 Å². The smallest absolute Gasteiger partial charge is 0.335 e. The predicted octanol–water partition coefficient (Wildman–Crippen LogP) is 5.37. The van der Waals surface area contributed by atoms with E-state index in [9.17, 15) is 14.7 Å². The molecule has 0 atom stereocenters. The number of thioether (sulfide) groups is 1. The van der Waals surface area contributed by atoms with Crippen molar-refractivity contribution in [2.24, 2.45) is 4.99 Å². The highest BCUT2D eigenvalue weighted by Crippen LogP contribution is 2.31. The SMILES string of the molecule is O=C1NC(=Nc2ccc(Cl)c(Cl)c2)S/C1=C\c1cccn1-c1cccc(C(=O)O)c1. The number of hydrogen-bond donors (Lipinski definition) is 2. The standard InChI is InChI=1S/C21H13Cl2N3O3S/c22-16-7-6-13(10-17(16)23)24-21-25-19(27)18(30-21)11-15-5-2-8-26(15)14-4-1-3-12(9-14)20(28)29/h1-11H,(H,28,29)(H,24,25,27)/b18-11-. The molecule has 6 nitrogen and oxygen atoms in total. The number of nitrogens with one attached hydrogen (secondary N) is 1. The Balaban J connectivity index is 1.62. The van der Waals surface area contributed by atoms with Gasteiger partial charge in [-0.3, -0.25) is 4.79 Å². The molecule has 2 N–H and O–H groups in total. The summed E-state index contributed by atoms with van der Waals surface area (Å²) in [6, 6.07) is 15.2. The monoisotopic (exact) mass is 457 g/mol. The maximum atomic E-state index is 12.4. The number of rotatable bonds is 4. The van der Waals surface area contributed by atoms with Crippen LogP contribution in [0.3, 0.4) is 0 Å². The minimum Gasteiger partial charge on any atom is -0.478 e. The number of nitrogens with zero attached hydrogens (tertiary/aromatic N) is 2. The van der Waals surface area contributed by atoms with Gasteiger partial charge in [0.2, 0.25) is 0 Å². The van der Waals surface area contributed by atoms with E-state index >= 15 is 0 Å². The van der Waals surface area contributed by atoms with Gasteiger partial charge in [-0.2, -0.15) is 0 Å². The van der Waals surface area contributed by atoms with Gasteiger partial charge in [-0.15, -0.1) is 0 Å². The lowest BCUT2D eigenvalue weighted by atomic mass is 10.2. The van der Waals surface area contributed by atoms with E-state index < -0.39 is 5.97 Å². The zero-order valence-electron chi connectivity index (χ0n) is 15.2. The number of carbonyl (C=O) groups excluding carboxylic acids is 1. The van der Waals surface area contributed by atoms with Crippen molar-refractivity contribution in [3.8, 4) is 5.69 Å². The Labute approximate surface area is 185 Å². The average Bonchev–Trinajstić information content (AvgIpc) is 3.31. The highest BCUT2D eigenvalue weighted by molar-refractivity contribution is 8.18. The number of aromatic nitrogens is 1. The molecular formula is C21H13Cl2N3O3S. The number of aliphatic imine (C=N–C) groups is 1. The van der Waals surface area contributed by atoms with Gasteiger partial charge in [0, 0.05) is 17.6 Å². The van der Waals surface area contributed by atoms with E-state index in [0.717, 1.165) is 5.69 Å². The van der Waals surface area contributed by atoms with Crippen LogP contribution >= 0.6 is 35.0 Å². The number of carbonyl (C=O) groups is 2. The zero-order valence-corrected chi connectivity index (χ0v) is 17.5. The van der Waals surface area contributed by atoms with Crippen LogP contribution in [0.1, 0.15) is 16.1 Å². The first-order valence-electron chi connectivity index (χ1n) is 8.66. The number of amidine groups is 1. The van der Waals surface area contributed by atoms with Crippen molar-refractivity contribution in [1.29, 1.82) is 0 Å². The number of carboxylic acids is 1. The van der Waals surface area contributed by atoms with E-state index in [1.165, 1.54) is 17.8 Å². The van der Waals surface area contributed by atoms with Crippen molar-refractivity contribution in [2.75, 3.05) is 0 Å². The molecule has 2 heterocycles. The van der Waals surface area contributed by atoms with Gasteiger partial charge in [0.25, 0.3) is 5.91 Å². The Morgan fingerprint density at radius 3 is 2.70 bits per heavy atom. The Morgan fingerprint density at radius 1 is 1.10 bits per heavy atom. The highest BCUT2D eigenvalue weighted by atomic mass is 35.5. The normalized spacial score (nSPS) is 16.3. The number of carboxylic acid groups (broad SMARTS) is 1. The fraction of sp³-hybridized carbons (Fsp3) is 0. The second-order valence-corrected chi connectivity index (χ2v) is 8.08. The number of benzene rings is 2. The summed E-state index contributed by atoms with van der Waals surface area (Å²) < 4.78 is 1.81. The van der Waals surface area contributed by atoms with E-state index in [1.54, 1.807) is 53.2 Å². The highest BCUT2D eigenvalue weighted by Gasteiger charge is 2.24. The zero-order chi connectivity index (χ0) is 21.3. The minimum absolute atomic E-state index is 0.184. The van der Waals surface area contributed by atoms with Crippen molar-refractivity contribution in [3.63, 3.8) is 0 Å². The van der Waals surface area contributed by atoms with Gasteiger partial charge < -0.3 is 15.0 Å². The van der Waals surface area contributed by atoms with E-state index in [2.05, 4.69) is 10.3 Å². The van der Waals surface area contributed by atoms with Crippen LogP contribution in [0, 0.1) is 0 Å². The van der Waals surface area contributed by atoms with E-state index in [0.29, 0.717) is 31.5 Å². The van der Waals surface area contributed by atoms with Crippen molar-refractivity contribution >= 4 is 63.8 Å². The molecule has 0 unspecified atom stereocenters. The lowest BCUT2D eigenvalue weighted by molar-refractivity contribution is -0.115. The summed E-state index contributed by atoms with van der Waals surface area (Å²) in [6.07, 6.45) is 3.53. The molecule has 150 valence electrons. The molecule has 1 aliphatic rings. The maximum absolute atomic E-state index is 12.4. The number of aromatic carboxylic acids is 1. The Hall–Kier alpha value is -3.00. The lowest BCUT2D eigenvalue weighted by Crippen LogP contribution is -2.19. The van der Waals surface area contributed by atoms with Crippen LogP contribution in [-0.2, 0) is 4.79 Å². The first-order valence-corrected chi connectivity index (χ1v) is 10.2. The Bertz CT molecular complexity index is 1230. The van der Waals surface area contributed by atoms with Gasteiger partial charge in [-0.1, -0.05) is 29.3 Å². The molecule has 1 saturated heterocycles. The van der Waals surface area contributed by atoms with Crippen LogP contribution in [0.4, 0.5) is 5.69 Å². The molecule has 3 aromatic rings. The molecule has 0 bridgehead atoms. The molecule has 30 heavy (non-hydrogen) atoms. The summed E-state index contributed by atoms with van der Waals surface area (Å²) in [7, 11) is 0. The van der Waals surface area contributed by atoms with Crippen LogP contribution in [0.5, 0.6) is 0 Å². The topological polar surface area (TPSA) is 83.7 Å². The number of halogens is 2. The van der Waals surface area contributed by atoms with Gasteiger partial charge >= 0.3 is 5.97 Å². The van der Waals surface area contributed by atoms with Crippen molar-refractivity contribution in [3.05, 3.63) is 87.0 Å². The molecular weight excluding hydrogens is 445 g/mol. The van der Waals surface area contributed by atoms with Crippen molar-refractivity contribution in [1.82, 2.24) is 9.88 Å². The molecule has 1 aromatic heterocycles. The summed E-state index contributed by atoms with van der Waals surface area (Å²) in [6.45, 7) is 0. The number of hydrogen-bond acceptors (Lipinski definition) is 4. The van der Waals surface area contributed by atoms with E-state index in [-0.39, 0.29) is 11.5 Å². The summed E-state index contributed by atoms with van der Waals surface area (Å²) in [5.41, 5.74) is 2.16. The molecule has 1 aliphatic heterocycles. The van der Waals surface area contributed by atoms with Crippen molar-refractivity contribution in [2.45, 2.75) is 0 Å². The van der Waals surface area contributed by atoms with Gasteiger partial charge in [0.05, 0.1) is 26.2 Å². The molecule has 0 spiro atoms. The third-order valence-corrected chi connectivity index (χ3v) is 5.86. The molecule has 2 aromatic carbocycles. The van der Waals surface area contributed by atoms with Gasteiger partial charge in [-0.05, 0) is 66.4 Å².